The molecule has 0 radical (unpaired) electrons. The lowest BCUT2D eigenvalue weighted by molar-refractivity contribution is -0.296. The van der Waals surface area contributed by atoms with Crippen LogP contribution in [0.3, 0.4) is 0 Å². The second kappa shape index (κ2) is 5.26. The van der Waals surface area contributed by atoms with E-state index in [2.05, 4.69) is 12.6 Å². The molecule has 1 rings (SSSR count). The SMILES string of the molecule is OCC1OC(OCS)C(O)C(O)C1O. The first-order valence-corrected chi connectivity index (χ1v) is 4.78. The molecule has 1 fully saturated rings. The molecule has 0 saturated carbocycles. The highest BCUT2D eigenvalue weighted by Gasteiger charge is 2.43. The van der Waals surface area contributed by atoms with Crippen LogP contribution in [0.25, 0.3) is 0 Å². The fourth-order valence-corrected chi connectivity index (χ4v) is 1.43. The Morgan fingerprint density at radius 2 is 1.79 bits per heavy atom. The standard InChI is InChI=1S/C7H14O6S/c8-1-3-4(9)5(10)6(11)7(13-3)12-2-14/h3-11,14H,1-2H2. The number of hydrogen-bond donors (Lipinski definition) is 5. The molecule has 0 aromatic rings. The number of aliphatic hydroxyl groups is 4. The number of hydrogen-bond acceptors (Lipinski definition) is 7. The van der Waals surface area contributed by atoms with Gasteiger partial charge >= 0.3 is 0 Å². The van der Waals surface area contributed by atoms with E-state index in [0.717, 1.165) is 0 Å². The quantitative estimate of drug-likeness (QED) is 0.274. The summed E-state index contributed by atoms with van der Waals surface area (Å²) in [4.78, 5) is 0. The topological polar surface area (TPSA) is 99.4 Å². The van der Waals surface area contributed by atoms with Gasteiger partial charge in [0.1, 0.15) is 24.4 Å². The van der Waals surface area contributed by atoms with Gasteiger partial charge in [-0.25, -0.2) is 0 Å². The predicted molar refractivity (Wildman–Crippen MR) is 48.7 cm³/mol. The third kappa shape index (κ3) is 2.37. The van der Waals surface area contributed by atoms with Crippen molar-refractivity contribution in [1.82, 2.24) is 0 Å². The fraction of sp³-hybridized carbons (Fsp3) is 1.00. The van der Waals surface area contributed by atoms with Gasteiger partial charge in [0.25, 0.3) is 0 Å². The maximum atomic E-state index is 9.38. The van der Waals surface area contributed by atoms with Gasteiger partial charge in [-0.1, -0.05) is 0 Å². The van der Waals surface area contributed by atoms with Crippen molar-refractivity contribution in [3.63, 3.8) is 0 Å². The van der Waals surface area contributed by atoms with Gasteiger partial charge in [0.2, 0.25) is 0 Å². The summed E-state index contributed by atoms with van der Waals surface area (Å²) in [7, 11) is 0. The van der Waals surface area contributed by atoms with Crippen LogP contribution in [0.1, 0.15) is 0 Å². The summed E-state index contributed by atoms with van der Waals surface area (Å²) in [6, 6.07) is 0. The molecule has 0 spiro atoms. The molecular formula is C7H14O6S. The molecule has 1 saturated heterocycles. The van der Waals surface area contributed by atoms with Crippen LogP contribution in [-0.2, 0) is 9.47 Å². The first-order chi connectivity index (χ1) is 6.61. The van der Waals surface area contributed by atoms with E-state index in [0.29, 0.717) is 0 Å². The molecule has 84 valence electrons. The second-order valence-corrected chi connectivity index (χ2v) is 3.25. The Labute approximate surface area is 86.5 Å². The second-order valence-electron chi connectivity index (χ2n) is 2.99. The minimum absolute atomic E-state index is 0.00267. The molecule has 1 heterocycles. The molecule has 14 heavy (non-hydrogen) atoms. The lowest BCUT2D eigenvalue weighted by Crippen LogP contribution is -2.59. The molecule has 0 bridgehead atoms. The highest BCUT2D eigenvalue weighted by molar-refractivity contribution is 7.80. The Balaban J connectivity index is 2.63. The van der Waals surface area contributed by atoms with Crippen LogP contribution >= 0.6 is 12.6 Å². The van der Waals surface area contributed by atoms with Gasteiger partial charge in [0.15, 0.2) is 6.29 Å². The summed E-state index contributed by atoms with van der Waals surface area (Å²) in [5.74, 6) is 0.00267. The number of aliphatic hydroxyl groups excluding tert-OH is 4. The van der Waals surface area contributed by atoms with E-state index in [1.807, 2.05) is 0 Å². The van der Waals surface area contributed by atoms with E-state index in [1.54, 1.807) is 0 Å². The molecule has 0 amide bonds. The Kier molecular flexibility index (Phi) is 4.58. The molecule has 1 aliphatic rings. The van der Waals surface area contributed by atoms with Crippen LogP contribution in [0.2, 0.25) is 0 Å². The van der Waals surface area contributed by atoms with E-state index in [-0.39, 0.29) is 5.94 Å². The van der Waals surface area contributed by atoms with Gasteiger partial charge in [0.05, 0.1) is 12.5 Å². The first kappa shape index (κ1) is 12.2. The third-order valence-corrected chi connectivity index (χ3v) is 2.24. The maximum Gasteiger partial charge on any atom is 0.187 e. The van der Waals surface area contributed by atoms with Crippen molar-refractivity contribution in [3.05, 3.63) is 0 Å². The number of thiol groups is 1. The Morgan fingerprint density at radius 3 is 2.29 bits per heavy atom. The van der Waals surface area contributed by atoms with Crippen LogP contribution in [0.5, 0.6) is 0 Å². The van der Waals surface area contributed by atoms with Crippen molar-refractivity contribution in [3.8, 4) is 0 Å². The van der Waals surface area contributed by atoms with Gasteiger partial charge in [-0.05, 0) is 0 Å². The molecule has 5 atom stereocenters. The van der Waals surface area contributed by atoms with Gasteiger partial charge < -0.3 is 29.9 Å². The molecule has 1 aliphatic heterocycles. The zero-order chi connectivity index (χ0) is 10.7. The molecule has 7 heteroatoms. The van der Waals surface area contributed by atoms with Crippen LogP contribution in [-0.4, -0.2) is 63.7 Å². The number of ether oxygens (including phenoxy) is 2. The first-order valence-electron chi connectivity index (χ1n) is 4.14. The van der Waals surface area contributed by atoms with Gasteiger partial charge in [0, 0.05) is 0 Å². The van der Waals surface area contributed by atoms with Crippen molar-refractivity contribution in [1.29, 1.82) is 0 Å². The van der Waals surface area contributed by atoms with Crippen LogP contribution in [0.4, 0.5) is 0 Å². The zero-order valence-corrected chi connectivity index (χ0v) is 8.25. The largest absolute Gasteiger partial charge is 0.394 e. The van der Waals surface area contributed by atoms with E-state index in [4.69, 9.17) is 14.6 Å². The molecule has 0 aliphatic carbocycles. The van der Waals surface area contributed by atoms with Crippen LogP contribution < -0.4 is 0 Å². The molecule has 6 nitrogen and oxygen atoms in total. The molecule has 5 unspecified atom stereocenters. The van der Waals surface area contributed by atoms with E-state index >= 15 is 0 Å². The van der Waals surface area contributed by atoms with Crippen molar-refractivity contribution < 1.29 is 29.9 Å². The fourth-order valence-electron chi connectivity index (χ4n) is 1.28. The minimum Gasteiger partial charge on any atom is -0.394 e. The Hall–Kier alpha value is 0.110. The number of rotatable bonds is 3. The molecule has 4 N–H and O–H groups in total. The van der Waals surface area contributed by atoms with Crippen molar-refractivity contribution in [2.75, 3.05) is 12.5 Å². The monoisotopic (exact) mass is 226 g/mol. The Morgan fingerprint density at radius 1 is 1.14 bits per heavy atom. The van der Waals surface area contributed by atoms with Crippen molar-refractivity contribution >= 4 is 12.6 Å². The molecule has 0 aromatic carbocycles. The highest BCUT2D eigenvalue weighted by Crippen LogP contribution is 2.21. The third-order valence-electron chi connectivity index (χ3n) is 2.09. The summed E-state index contributed by atoms with van der Waals surface area (Å²) in [6.45, 7) is -0.461. The average molecular weight is 226 g/mol. The molecule has 0 aromatic heterocycles. The van der Waals surface area contributed by atoms with Gasteiger partial charge in [-0.3, -0.25) is 0 Å². The normalized spacial score (nSPS) is 43.9. The molecular weight excluding hydrogens is 212 g/mol. The van der Waals surface area contributed by atoms with E-state index < -0.39 is 37.3 Å². The van der Waals surface area contributed by atoms with Crippen LogP contribution in [0, 0.1) is 0 Å². The van der Waals surface area contributed by atoms with Crippen LogP contribution in [0.15, 0.2) is 0 Å². The smallest absolute Gasteiger partial charge is 0.187 e. The summed E-state index contributed by atoms with van der Waals surface area (Å²) in [6.07, 6.45) is -6.11. The van der Waals surface area contributed by atoms with E-state index in [9.17, 15) is 15.3 Å². The lowest BCUT2D eigenvalue weighted by Gasteiger charge is -2.39. The Bertz CT molecular complexity index is 176. The van der Waals surface area contributed by atoms with Gasteiger partial charge in [-0.15, -0.1) is 0 Å². The van der Waals surface area contributed by atoms with Crippen molar-refractivity contribution in [2.45, 2.75) is 30.7 Å². The predicted octanol–water partition coefficient (Wildman–Crippen LogP) is -2.31. The lowest BCUT2D eigenvalue weighted by atomic mass is 9.99. The zero-order valence-electron chi connectivity index (χ0n) is 7.35. The minimum atomic E-state index is -1.40. The summed E-state index contributed by atoms with van der Waals surface area (Å²) < 4.78 is 9.85. The highest BCUT2D eigenvalue weighted by atomic mass is 32.1. The summed E-state index contributed by atoms with van der Waals surface area (Å²) in [5, 5.41) is 36.8. The summed E-state index contributed by atoms with van der Waals surface area (Å²) >= 11 is 3.76. The maximum absolute atomic E-state index is 9.38. The van der Waals surface area contributed by atoms with Gasteiger partial charge in [-0.2, -0.15) is 12.6 Å². The average Bonchev–Trinajstić information content (AvgIpc) is 2.19. The summed E-state index contributed by atoms with van der Waals surface area (Å²) in [5.41, 5.74) is 0. The van der Waals surface area contributed by atoms with E-state index in [1.165, 1.54) is 0 Å². The van der Waals surface area contributed by atoms with Crippen molar-refractivity contribution in [2.24, 2.45) is 0 Å².